The van der Waals surface area contributed by atoms with Crippen LogP contribution in [0.3, 0.4) is 0 Å². The van der Waals surface area contributed by atoms with Gasteiger partial charge in [0.1, 0.15) is 23.5 Å². The van der Waals surface area contributed by atoms with Gasteiger partial charge < -0.3 is 4.74 Å². The molecule has 0 heterocycles. The maximum absolute atomic E-state index is 13.6. The Hall–Kier alpha value is -2.47. The lowest BCUT2D eigenvalue weighted by Gasteiger charge is -2.06. The van der Waals surface area contributed by atoms with E-state index in [0.717, 1.165) is 7.11 Å². The molecule has 0 fully saturated rings. The summed E-state index contributed by atoms with van der Waals surface area (Å²) in [4.78, 5) is 0. The van der Waals surface area contributed by atoms with Crippen LogP contribution in [0.5, 0.6) is 5.75 Å². The van der Waals surface area contributed by atoms with E-state index in [-0.39, 0.29) is 0 Å². The highest BCUT2D eigenvalue weighted by Crippen LogP contribution is 2.28. The molecule has 0 amide bonds. The van der Waals surface area contributed by atoms with Gasteiger partial charge in [0, 0.05) is 6.07 Å². The maximum atomic E-state index is 13.6. The molecule has 0 spiro atoms. The highest BCUT2D eigenvalue weighted by molar-refractivity contribution is 5.64. The lowest BCUT2D eigenvalue weighted by molar-refractivity contribution is 0.355. The maximum Gasteiger partial charge on any atom is 0.191 e. The van der Waals surface area contributed by atoms with E-state index in [1.165, 1.54) is 12.1 Å². The van der Waals surface area contributed by atoms with E-state index < -0.39 is 34.3 Å². The molecule has 6 heteroatoms. The second-order valence-electron chi connectivity index (χ2n) is 2.88. The quantitative estimate of drug-likeness (QED) is 0.744. The van der Waals surface area contributed by atoms with E-state index >= 15 is 0 Å². The minimum atomic E-state index is -1.30. The zero-order valence-corrected chi connectivity index (χ0v) is 8.59. The molecule has 0 saturated heterocycles. The van der Waals surface area contributed by atoms with Crippen LogP contribution in [0.15, 0.2) is 11.6 Å². The third-order valence-corrected chi connectivity index (χ3v) is 1.90. The molecule has 1 aromatic rings. The van der Waals surface area contributed by atoms with Crippen molar-refractivity contribution >= 4 is 6.08 Å². The average molecular weight is 238 g/mol. The molecule has 0 aliphatic carbocycles. The number of rotatable bonds is 2. The molecule has 0 radical (unpaired) electrons. The summed E-state index contributed by atoms with van der Waals surface area (Å²) < 4.78 is 44.3. The summed E-state index contributed by atoms with van der Waals surface area (Å²) in [5, 5.41) is 16.9. The Morgan fingerprint density at radius 3 is 2.29 bits per heavy atom. The van der Waals surface area contributed by atoms with Crippen molar-refractivity contribution in [3.63, 3.8) is 0 Å². The smallest absolute Gasteiger partial charge is 0.191 e. The first-order chi connectivity index (χ1) is 8.04. The second kappa shape index (κ2) is 5.04. The van der Waals surface area contributed by atoms with Crippen LogP contribution in [0.2, 0.25) is 0 Å². The molecule has 0 unspecified atom stereocenters. The highest BCUT2D eigenvalue weighted by Gasteiger charge is 2.18. The van der Waals surface area contributed by atoms with Crippen molar-refractivity contribution in [2.24, 2.45) is 0 Å². The first-order valence-electron chi connectivity index (χ1n) is 4.28. The van der Waals surface area contributed by atoms with Crippen LogP contribution in [-0.4, -0.2) is 7.11 Å². The number of nitriles is 2. The van der Waals surface area contributed by atoms with Crippen molar-refractivity contribution in [2.45, 2.75) is 0 Å². The van der Waals surface area contributed by atoms with Crippen LogP contribution in [-0.2, 0) is 0 Å². The Labute approximate surface area is 95.0 Å². The molecule has 0 N–H and O–H groups in total. The van der Waals surface area contributed by atoms with Crippen LogP contribution in [0.4, 0.5) is 13.2 Å². The molecule has 3 nitrogen and oxygen atoms in total. The van der Waals surface area contributed by atoms with Crippen molar-refractivity contribution < 1.29 is 17.9 Å². The third kappa shape index (κ3) is 2.37. The fraction of sp³-hybridized carbons (Fsp3) is 0.0909. The van der Waals surface area contributed by atoms with Gasteiger partial charge >= 0.3 is 0 Å². The summed E-state index contributed by atoms with van der Waals surface area (Å²) in [5.74, 6) is -4.49. The number of ether oxygens (including phenoxy) is 1. The van der Waals surface area contributed by atoms with Gasteiger partial charge in [-0.15, -0.1) is 0 Å². The Balaban J connectivity index is 3.52. The highest BCUT2D eigenvalue weighted by atomic mass is 19.1. The van der Waals surface area contributed by atoms with Crippen LogP contribution in [0, 0.1) is 40.1 Å². The summed E-state index contributed by atoms with van der Waals surface area (Å²) in [6.07, 6.45) is 0.687. The first-order valence-corrected chi connectivity index (χ1v) is 4.28. The molecule has 86 valence electrons. The van der Waals surface area contributed by atoms with Gasteiger partial charge in [0.2, 0.25) is 0 Å². The fourth-order valence-electron chi connectivity index (χ4n) is 1.14. The number of halogens is 3. The topological polar surface area (TPSA) is 56.8 Å². The number of methoxy groups -OCH3 is 1. The van der Waals surface area contributed by atoms with Crippen LogP contribution >= 0.6 is 0 Å². The van der Waals surface area contributed by atoms with Gasteiger partial charge in [-0.05, 0) is 6.08 Å². The Kier molecular flexibility index (Phi) is 3.74. The van der Waals surface area contributed by atoms with Gasteiger partial charge in [-0.1, -0.05) is 0 Å². The number of hydrogen-bond donors (Lipinski definition) is 0. The molecular formula is C11H5F3N2O. The SMILES string of the molecule is COc1c(F)cc(F)c(C=C(C#N)C#N)c1F. The van der Waals surface area contributed by atoms with E-state index in [1.807, 2.05) is 0 Å². The molecule has 0 aliphatic rings. The first kappa shape index (κ1) is 12.6. The Morgan fingerprint density at radius 2 is 1.82 bits per heavy atom. The second-order valence-corrected chi connectivity index (χ2v) is 2.88. The Bertz CT molecular complexity index is 552. The summed E-state index contributed by atoms with van der Waals surface area (Å²) in [7, 11) is 1.02. The molecule has 1 rings (SSSR count). The van der Waals surface area contributed by atoms with Crippen molar-refractivity contribution in [1.29, 1.82) is 10.5 Å². The van der Waals surface area contributed by atoms with Crippen LogP contribution < -0.4 is 4.74 Å². The molecular weight excluding hydrogens is 233 g/mol. The number of nitrogens with zero attached hydrogens (tertiary/aromatic N) is 2. The summed E-state index contributed by atoms with van der Waals surface area (Å²) >= 11 is 0. The van der Waals surface area contributed by atoms with Gasteiger partial charge in [0.25, 0.3) is 0 Å². The molecule has 0 bridgehead atoms. The predicted octanol–water partition coefficient (Wildman–Crippen LogP) is 2.54. The normalized spacial score (nSPS) is 9.06. The van der Waals surface area contributed by atoms with Crippen LogP contribution in [0.1, 0.15) is 5.56 Å². The lowest BCUT2D eigenvalue weighted by atomic mass is 10.1. The van der Waals surface area contributed by atoms with Gasteiger partial charge in [-0.2, -0.15) is 10.5 Å². The van der Waals surface area contributed by atoms with Gasteiger partial charge in [-0.25, -0.2) is 13.2 Å². The standard InChI is InChI=1S/C11H5F3N2O/c1-17-11-9(13)3-8(12)7(10(11)14)2-6(4-15)5-16/h2-3H,1H3. The van der Waals surface area contributed by atoms with Gasteiger partial charge in [0.15, 0.2) is 17.4 Å². The molecule has 1 aromatic carbocycles. The largest absolute Gasteiger partial charge is 0.491 e. The third-order valence-electron chi connectivity index (χ3n) is 1.90. The summed E-state index contributed by atoms with van der Waals surface area (Å²) in [6.45, 7) is 0. The van der Waals surface area contributed by atoms with Crippen molar-refractivity contribution in [1.82, 2.24) is 0 Å². The zero-order chi connectivity index (χ0) is 13.0. The zero-order valence-electron chi connectivity index (χ0n) is 8.59. The minimum Gasteiger partial charge on any atom is -0.491 e. The van der Waals surface area contributed by atoms with E-state index in [4.69, 9.17) is 10.5 Å². The predicted molar refractivity (Wildman–Crippen MR) is 52.1 cm³/mol. The van der Waals surface area contributed by atoms with E-state index in [0.29, 0.717) is 12.1 Å². The van der Waals surface area contributed by atoms with E-state index in [1.54, 1.807) is 0 Å². The molecule has 0 aliphatic heterocycles. The van der Waals surface area contributed by atoms with E-state index in [9.17, 15) is 13.2 Å². The van der Waals surface area contributed by atoms with Crippen molar-refractivity contribution in [3.05, 3.63) is 34.7 Å². The molecule has 0 saturated carbocycles. The molecule has 0 atom stereocenters. The number of hydrogen-bond acceptors (Lipinski definition) is 3. The van der Waals surface area contributed by atoms with E-state index in [2.05, 4.69) is 4.74 Å². The number of allylic oxidation sites excluding steroid dienone is 1. The van der Waals surface area contributed by atoms with Gasteiger partial charge in [0.05, 0.1) is 12.7 Å². The van der Waals surface area contributed by atoms with Gasteiger partial charge in [-0.3, -0.25) is 0 Å². The fourth-order valence-corrected chi connectivity index (χ4v) is 1.14. The Morgan fingerprint density at radius 1 is 1.24 bits per heavy atom. The average Bonchev–Trinajstić information content (AvgIpc) is 2.29. The summed E-state index contributed by atoms with van der Waals surface area (Å²) in [5.41, 5.74) is -1.20. The minimum absolute atomic E-state index is 0.417. The summed E-state index contributed by atoms with van der Waals surface area (Å²) in [6, 6.07) is 3.29. The van der Waals surface area contributed by atoms with Crippen LogP contribution in [0.25, 0.3) is 6.08 Å². The molecule has 17 heavy (non-hydrogen) atoms. The lowest BCUT2D eigenvalue weighted by Crippen LogP contribution is -1.99. The number of benzene rings is 1. The van der Waals surface area contributed by atoms with Crippen molar-refractivity contribution in [2.75, 3.05) is 7.11 Å². The van der Waals surface area contributed by atoms with Crippen molar-refractivity contribution in [3.8, 4) is 17.9 Å². The monoisotopic (exact) mass is 238 g/mol. The molecule has 0 aromatic heterocycles.